The maximum absolute atomic E-state index is 13.4. The molecule has 0 aromatic heterocycles. The summed E-state index contributed by atoms with van der Waals surface area (Å²) >= 11 is 0. The number of carbonyl (C=O) groups excluding carboxylic acids is 1. The molecule has 1 unspecified atom stereocenters. The SMILES string of the molecule is CC1CN(C(=O)c2cc(F)ccc2F)CCN1. The Kier molecular flexibility index (Phi) is 3.38. The first-order valence-electron chi connectivity index (χ1n) is 5.55. The molecule has 17 heavy (non-hydrogen) atoms. The van der Waals surface area contributed by atoms with Gasteiger partial charge in [0.25, 0.3) is 5.91 Å². The molecule has 3 nitrogen and oxygen atoms in total. The number of hydrogen-bond donors (Lipinski definition) is 1. The maximum atomic E-state index is 13.4. The molecule has 0 spiro atoms. The Morgan fingerprint density at radius 3 is 2.94 bits per heavy atom. The van der Waals surface area contributed by atoms with Crippen LogP contribution in [0.4, 0.5) is 8.78 Å². The minimum atomic E-state index is -0.678. The lowest BCUT2D eigenvalue weighted by molar-refractivity contribution is 0.0704. The molecule has 0 aliphatic carbocycles. The molecule has 5 heteroatoms. The summed E-state index contributed by atoms with van der Waals surface area (Å²) in [4.78, 5) is 13.6. The Balaban J connectivity index is 2.21. The van der Waals surface area contributed by atoms with Crippen LogP contribution in [0.15, 0.2) is 18.2 Å². The van der Waals surface area contributed by atoms with Crippen LogP contribution in [0.5, 0.6) is 0 Å². The van der Waals surface area contributed by atoms with Gasteiger partial charge in [-0.2, -0.15) is 0 Å². The summed E-state index contributed by atoms with van der Waals surface area (Å²) in [5.41, 5.74) is -0.195. The van der Waals surface area contributed by atoms with E-state index in [0.717, 1.165) is 18.2 Å². The van der Waals surface area contributed by atoms with Gasteiger partial charge in [-0.3, -0.25) is 4.79 Å². The van der Waals surface area contributed by atoms with Crippen LogP contribution in [-0.2, 0) is 0 Å². The Morgan fingerprint density at radius 1 is 1.47 bits per heavy atom. The highest BCUT2D eigenvalue weighted by molar-refractivity contribution is 5.94. The van der Waals surface area contributed by atoms with Crippen molar-refractivity contribution in [2.45, 2.75) is 13.0 Å². The Morgan fingerprint density at radius 2 is 2.24 bits per heavy atom. The molecule has 1 aliphatic rings. The van der Waals surface area contributed by atoms with Gasteiger partial charge in [0.05, 0.1) is 5.56 Å². The van der Waals surface area contributed by atoms with Gasteiger partial charge in [0, 0.05) is 25.7 Å². The number of halogens is 2. The fourth-order valence-electron chi connectivity index (χ4n) is 1.95. The van der Waals surface area contributed by atoms with Gasteiger partial charge >= 0.3 is 0 Å². The minimum Gasteiger partial charge on any atom is -0.336 e. The zero-order valence-electron chi connectivity index (χ0n) is 9.54. The molecule has 1 heterocycles. The van der Waals surface area contributed by atoms with E-state index < -0.39 is 17.5 Å². The highest BCUT2D eigenvalue weighted by atomic mass is 19.1. The number of amides is 1. The molecule has 2 rings (SSSR count). The first-order valence-corrected chi connectivity index (χ1v) is 5.55. The summed E-state index contributed by atoms with van der Waals surface area (Å²) in [6, 6.07) is 3.11. The third kappa shape index (κ3) is 2.61. The van der Waals surface area contributed by atoms with Crippen LogP contribution in [0.3, 0.4) is 0 Å². The van der Waals surface area contributed by atoms with Crippen LogP contribution in [-0.4, -0.2) is 36.5 Å². The topological polar surface area (TPSA) is 32.3 Å². The number of nitrogens with one attached hydrogen (secondary N) is 1. The number of hydrogen-bond acceptors (Lipinski definition) is 2. The van der Waals surface area contributed by atoms with Crippen LogP contribution in [0, 0.1) is 11.6 Å². The largest absolute Gasteiger partial charge is 0.336 e. The molecule has 1 aromatic carbocycles. The summed E-state index contributed by atoms with van der Waals surface area (Å²) in [6.07, 6.45) is 0. The Bertz CT molecular complexity index is 437. The summed E-state index contributed by atoms with van der Waals surface area (Å²) in [5, 5.41) is 3.18. The summed E-state index contributed by atoms with van der Waals surface area (Å²) in [6.45, 7) is 3.64. The predicted octanol–water partition coefficient (Wildman–Crippen LogP) is 1.40. The lowest BCUT2D eigenvalue weighted by Gasteiger charge is -2.32. The highest BCUT2D eigenvalue weighted by Crippen LogP contribution is 2.13. The molecule has 1 N–H and O–H groups in total. The first kappa shape index (κ1) is 12.0. The van der Waals surface area contributed by atoms with Gasteiger partial charge < -0.3 is 10.2 Å². The quantitative estimate of drug-likeness (QED) is 0.804. The molecule has 1 aliphatic heterocycles. The van der Waals surface area contributed by atoms with Gasteiger partial charge in [0.2, 0.25) is 0 Å². The molecule has 1 aromatic rings. The fraction of sp³-hybridized carbons (Fsp3) is 0.417. The molecule has 92 valence electrons. The number of benzene rings is 1. The zero-order valence-corrected chi connectivity index (χ0v) is 9.54. The molecule has 1 fully saturated rings. The second-order valence-corrected chi connectivity index (χ2v) is 4.23. The lowest BCUT2D eigenvalue weighted by atomic mass is 10.1. The average molecular weight is 240 g/mol. The lowest BCUT2D eigenvalue weighted by Crippen LogP contribution is -2.51. The van der Waals surface area contributed by atoms with E-state index in [1.807, 2.05) is 6.92 Å². The van der Waals surface area contributed by atoms with Gasteiger partial charge in [-0.1, -0.05) is 0 Å². The maximum Gasteiger partial charge on any atom is 0.257 e. The average Bonchev–Trinajstić information content (AvgIpc) is 2.31. The van der Waals surface area contributed by atoms with E-state index in [1.54, 1.807) is 4.90 Å². The number of carbonyl (C=O) groups is 1. The van der Waals surface area contributed by atoms with Crippen molar-refractivity contribution in [3.05, 3.63) is 35.4 Å². The van der Waals surface area contributed by atoms with E-state index in [2.05, 4.69) is 5.32 Å². The van der Waals surface area contributed by atoms with Gasteiger partial charge in [-0.05, 0) is 25.1 Å². The second kappa shape index (κ2) is 4.79. The summed E-state index contributed by atoms with van der Waals surface area (Å²) in [7, 11) is 0. The van der Waals surface area contributed by atoms with E-state index in [4.69, 9.17) is 0 Å². The van der Waals surface area contributed by atoms with Crippen molar-refractivity contribution < 1.29 is 13.6 Å². The highest BCUT2D eigenvalue weighted by Gasteiger charge is 2.23. The van der Waals surface area contributed by atoms with Crippen molar-refractivity contribution in [2.75, 3.05) is 19.6 Å². The molecule has 0 saturated carbocycles. The van der Waals surface area contributed by atoms with E-state index in [1.165, 1.54) is 0 Å². The van der Waals surface area contributed by atoms with Crippen molar-refractivity contribution in [3.63, 3.8) is 0 Å². The van der Waals surface area contributed by atoms with Crippen molar-refractivity contribution in [3.8, 4) is 0 Å². The summed E-state index contributed by atoms with van der Waals surface area (Å²) in [5.74, 6) is -1.73. The van der Waals surface area contributed by atoms with Crippen molar-refractivity contribution in [1.82, 2.24) is 10.2 Å². The fourth-order valence-corrected chi connectivity index (χ4v) is 1.95. The Hall–Kier alpha value is -1.49. The van der Waals surface area contributed by atoms with E-state index in [9.17, 15) is 13.6 Å². The van der Waals surface area contributed by atoms with Gasteiger partial charge in [0.15, 0.2) is 0 Å². The predicted molar refractivity (Wildman–Crippen MR) is 59.7 cm³/mol. The van der Waals surface area contributed by atoms with Crippen LogP contribution in [0.25, 0.3) is 0 Å². The molecule has 1 saturated heterocycles. The zero-order chi connectivity index (χ0) is 12.4. The molecular formula is C12H14F2N2O. The third-order valence-corrected chi connectivity index (χ3v) is 2.81. The number of piperazine rings is 1. The first-order chi connectivity index (χ1) is 8.08. The van der Waals surface area contributed by atoms with Crippen LogP contribution in [0.1, 0.15) is 17.3 Å². The molecule has 1 amide bonds. The normalized spacial score (nSPS) is 20.4. The molecule has 1 atom stereocenters. The van der Waals surface area contributed by atoms with E-state index >= 15 is 0 Å². The standard InChI is InChI=1S/C12H14F2N2O/c1-8-7-16(5-4-15-8)12(17)10-6-9(13)2-3-11(10)14/h2-3,6,8,15H,4-5,7H2,1H3. The number of rotatable bonds is 1. The van der Waals surface area contributed by atoms with Crippen LogP contribution in [0.2, 0.25) is 0 Å². The third-order valence-electron chi connectivity index (χ3n) is 2.81. The Labute approximate surface area is 98.4 Å². The van der Waals surface area contributed by atoms with E-state index in [-0.39, 0.29) is 11.6 Å². The monoisotopic (exact) mass is 240 g/mol. The van der Waals surface area contributed by atoms with Gasteiger partial charge in [-0.25, -0.2) is 8.78 Å². The molecule has 0 bridgehead atoms. The van der Waals surface area contributed by atoms with Crippen molar-refractivity contribution >= 4 is 5.91 Å². The van der Waals surface area contributed by atoms with Gasteiger partial charge in [-0.15, -0.1) is 0 Å². The minimum absolute atomic E-state index is 0.171. The van der Waals surface area contributed by atoms with Crippen LogP contribution >= 0.6 is 0 Å². The molecule has 0 radical (unpaired) electrons. The second-order valence-electron chi connectivity index (χ2n) is 4.23. The van der Waals surface area contributed by atoms with Crippen molar-refractivity contribution in [1.29, 1.82) is 0 Å². The number of nitrogens with zero attached hydrogens (tertiary/aromatic N) is 1. The molecular weight excluding hydrogens is 226 g/mol. The van der Waals surface area contributed by atoms with Crippen LogP contribution < -0.4 is 5.32 Å². The smallest absolute Gasteiger partial charge is 0.257 e. The summed E-state index contributed by atoms with van der Waals surface area (Å²) < 4.78 is 26.4. The van der Waals surface area contributed by atoms with Crippen molar-refractivity contribution in [2.24, 2.45) is 0 Å². The van der Waals surface area contributed by atoms with Gasteiger partial charge in [0.1, 0.15) is 11.6 Å². The van der Waals surface area contributed by atoms with E-state index in [0.29, 0.717) is 19.6 Å².